The van der Waals surface area contributed by atoms with Crippen molar-refractivity contribution in [1.29, 1.82) is 0 Å². The van der Waals surface area contributed by atoms with E-state index in [4.69, 9.17) is 0 Å². The number of halogens is 1. The number of benzene rings is 2. The monoisotopic (exact) mass is 481 g/mol. The minimum absolute atomic E-state index is 0.226. The fourth-order valence-electron chi connectivity index (χ4n) is 5.01. The molecule has 1 aliphatic carbocycles. The van der Waals surface area contributed by atoms with E-state index in [1.165, 1.54) is 6.42 Å². The number of aldehydes is 1. The Kier molecular flexibility index (Phi) is 9.70. The van der Waals surface area contributed by atoms with Crippen LogP contribution >= 0.6 is 0 Å². The van der Waals surface area contributed by atoms with Gasteiger partial charge in [0.2, 0.25) is 0 Å². The van der Waals surface area contributed by atoms with Crippen LogP contribution in [0.4, 0.5) is 26.2 Å². The van der Waals surface area contributed by atoms with Crippen LogP contribution in [0.25, 0.3) is 0 Å². The molecule has 5 nitrogen and oxygen atoms in total. The smallest absolute Gasteiger partial charge is 0.323 e. The Morgan fingerprint density at radius 1 is 1.11 bits per heavy atom. The number of amides is 2. The van der Waals surface area contributed by atoms with Crippen LogP contribution in [0.2, 0.25) is 0 Å². The number of hydrogen-bond donors (Lipinski definition) is 2. The molecule has 0 heterocycles. The van der Waals surface area contributed by atoms with Gasteiger partial charge in [0.05, 0.1) is 11.4 Å². The highest BCUT2D eigenvalue weighted by molar-refractivity contribution is 6.02. The number of anilines is 3. The standard InChI is InChI=1S/C29H40FN3O2/c1-5-22(15-16-34)25-17-27(32-29(35)31-23-13-11-21(4)12-14-23)28(18-26(25)30)33(19-20(2)3)24-9-7-6-8-10-24/h11-14,16-18,20,22,24H,5-10,15,19H2,1-4H3,(H2,31,32,35). The van der Waals surface area contributed by atoms with E-state index in [0.29, 0.717) is 41.0 Å². The van der Waals surface area contributed by atoms with Crippen LogP contribution in [0.15, 0.2) is 36.4 Å². The average Bonchev–Trinajstić information content (AvgIpc) is 2.84. The Morgan fingerprint density at radius 3 is 2.40 bits per heavy atom. The predicted octanol–water partition coefficient (Wildman–Crippen LogP) is 7.66. The average molecular weight is 482 g/mol. The highest BCUT2D eigenvalue weighted by atomic mass is 19.1. The Bertz CT molecular complexity index is 984. The zero-order valence-electron chi connectivity index (χ0n) is 21.6. The van der Waals surface area contributed by atoms with Crippen molar-refractivity contribution < 1.29 is 14.0 Å². The molecule has 2 aromatic carbocycles. The van der Waals surface area contributed by atoms with Crippen LogP contribution in [0.5, 0.6) is 0 Å². The third-order valence-electron chi connectivity index (χ3n) is 6.87. The molecule has 1 aliphatic rings. The van der Waals surface area contributed by atoms with Crippen molar-refractivity contribution in [1.82, 2.24) is 0 Å². The summed E-state index contributed by atoms with van der Waals surface area (Å²) in [6, 6.07) is 10.9. The first-order chi connectivity index (χ1) is 16.8. The molecule has 1 unspecified atom stereocenters. The van der Waals surface area contributed by atoms with Gasteiger partial charge < -0.3 is 20.3 Å². The van der Waals surface area contributed by atoms with Gasteiger partial charge in [-0.1, -0.05) is 57.7 Å². The number of carbonyl (C=O) groups excluding carboxylic acids is 2. The maximum Gasteiger partial charge on any atom is 0.323 e. The fraction of sp³-hybridized carbons (Fsp3) is 0.517. The van der Waals surface area contributed by atoms with E-state index in [9.17, 15) is 9.59 Å². The van der Waals surface area contributed by atoms with E-state index < -0.39 is 0 Å². The molecule has 0 bridgehead atoms. The van der Waals surface area contributed by atoms with Crippen molar-refractivity contribution >= 4 is 29.4 Å². The molecule has 1 saturated carbocycles. The van der Waals surface area contributed by atoms with Gasteiger partial charge in [-0.25, -0.2) is 9.18 Å². The molecule has 0 aliphatic heterocycles. The largest absolute Gasteiger partial charge is 0.367 e. The minimum atomic E-state index is -0.371. The quantitative estimate of drug-likeness (QED) is 0.343. The molecule has 35 heavy (non-hydrogen) atoms. The van der Waals surface area contributed by atoms with E-state index in [-0.39, 0.29) is 24.2 Å². The normalized spacial score (nSPS) is 15.0. The second-order valence-electron chi connectivity index (χ2n) is 10.2. The van der Waals surface area contributed by atoms with E-state index in [1.807, 2.05) is 38.1 Å². The number of nitrogens with zero attached hydrogens (tertiary/aromatic N) is 1. The van der Waals surface area contributed by atoms with Crippen molar-refractivity contribution in [2.45, 2.75) is 84.6 Å². The number of carbonyl (C=O) groups is 2. The summed E-state index contributed by atoms with van der Waals surface area (Å²) in [7, 11) is 0. The van der Waals surface area contributed by atoms with Gasteiger partial charge >= 0.3 is 6.03 Å². The third-order valence-corrected chi connectivity index (χ3v) is 6.87. The highest BCUT2D eigenvalue weighted by Gasteiger charge is 2.27. The summed E-state index contributed by atoms with van der Waals surface area (Å²) in [4.78, 5) is 26.5. The summed E-state index contributed by atoms with van der Waals surface area (Å²) in [5.41, 5.74) is 3.57. The SMILES string of the molecule is CCC(CC=O)c1cc(NC(=O)Nc2ccc(C)cc2)c(N(CC(C)C)C2CCCCC2)cc1F. The van der Waals surface area contributed by atoms with Crippen LogP contribution < -0.4 is 15.5 Å². The molecule has 1 atom stereocenters. The molecule has 2 N–H and O–H groups in total. The van der Waals surface area contributed by atoms with Crippen LogP contribution in [0.1, 0.15) is 82.8 Å². The molecular formula is C29H40FN3O2. The third kappa shape index (κ3) is 7.30. The lowest BCUT2D eigenvalue weighted by atomic mass is 9.90. The van der Waals surface area contributed by atoms with E-state index >= 15 is 4.39 Å². The predicted molar refractivity (Wildman–Crippen MR) is 143 cm³/mol. The number of aryl methyl sites for hydroxylation is 1. The molecule has 190 valence electrons. The van der Waals surface area contributed by atoms with Crippen LogP contribution in [-0.4, -0.2) is 24.9 Å². The number of urea groups is 1. The van der Waals surface area contributed by atoms with Crippen molar-refractivity contribution in [3.8, 4) is 0 Å². The summed E-state index contributed by atoms with van der Waals surface area (Å²) < 4.78 is 15.5. The Balaban J connectivity index is 2.00. The van der Waals surface area contributed by atoms with E-state index in [0.717, 1.165) is 44.1 Å². The van der Waals surface area contributed by atoms with Gasteiger partial charge in [-0.2, -0.15) is 0 Å². The van der Waals surface area contributed by atoms with Gasteiger partial charge in [-0.05, 0) is 67.9 Å². The lowest BCUT2D eigenvalue weighted by Crippen LogP contribution is -2.40. The van der Waals surface area contributed by atoms with Gasteiger partial charge in [0.25, 0.3) is 0 Å². The molecule has 0 aromatic heterocycles. The molecule has 0 spiro atoms. The summed E-state index contributed by atoms with van der Waals surface area (Å²) in [6.45, 7) is 9.05. The van der Waals surface area contributed by atoms with Gasteiger partial charge in [-0.15, -0.1) is 0 Å². The first-order valence-electron chi connectivity index (χ1n) is 13.0. The van der Waals surface area contributed by atoms with Crippen molar-refractivity contribution in [2.24, 2.45) is 5.92 Å². The molecule has 0 radical (unpaired) electrons. The fourth-order valence-corrected chi connectivity index (χ4v) is 5.01. The van der Waals surface area contributed by atoms with Gasteiger partial charge in [-0.3, -0.25) is 0 Å². The zero-order chi connectivity index (χ0) is 25.4. The zero-order valence-corrected chi connectivity index (χ0v) is 21.6. The molecule has 1 fully saturated rings. The van der Waals surface area contributed by atoms with E-state index in [2.05, 4.69) is 29.4 Å². The summed E-state index contributed by atoms with van der Waals surface area (Å²) in [6.07, 6.45) is 7.41. The molecular weight excluding hydrogens is 441 g/mol. The maximum absolute atomic E-state index is 15.5. The number of hydrogen-bond acceptors (Lipinski definition) is 3. The molecule has 0 saturated heterocycles. The van der Waals surface area contributed by atoms with Crippen LogP contribution in [-0.2, 0) is 4.79 Å². The Labute approximate surface area is 209 Å². The summed E-state index contributed by atoms with van der Waals surface area (Å²) in [5, 5.41) is 5.90. The first-order valence-corrected chi connectivity index (χ1v) is 13.0. The second kappa shape index (κ2) is 12.7. The second-order valence-corrected chi connectivity index (χ2v) is 10.2. The summed E-state index contributed by atoms with van der Waals surface area (Å²) in [5.74, 6) is -0.161. The molecule has 2 aromatic rings. The van der Waals surface area contributed by atoms with Gasteiger partial charge in [0.1, 0.15) is 12.1 Å². The van der Waals surface area contributed by atoms with Crippen molar-refractivity contribution in [3.05, 3.63) is 53.3 Å². The molecule has 3 rings (SSSR count). The highest BCUT2D eigenvalue weighted by Crippen LogP contribution is 2.38. The van der Waals surface area contributed by atoms with E-state index in [1.54, 1.807) is 12.1 Å². The number of nitrogens with one attached hydrogen (secondary N) is 2. The maximum atomic E-state index is 15.5. The molecule has 2 amide bonds. The van der Waals surface area contributed by atoms with Crippen LogP contribution in [0.3, 0.4) is 0 Å². The topological polar surface area (TPSA) is 61.4 Å². The summed E-state index contributed by atoms with van der Waals surface area (Å²) >= 11 is 0. The molecule has 6 heteroatoms. The Morgan fingerprint density at radius 2 is 1.80 bits per heavy atom. The Hall–Kier alpha value is -2.89. The minimum Gasteiger partial charge on any atom is -0.367 e. The first kappa shape index (κ1) is 26.7. The van der Waals surface area contributed by atoms with Crippen molar-refractivity contribution in [2.75, 3.05) is 22.1 Å². The van der Waals surface area contributed by atoms with Crippen molar-refractivity contribution in [3.63, 3.8) is 0 Å². The van der Waals surface area contributed by atoms with Gasteiger partial charge in [0.15, 0.2) is 0 Å². The van der Waals surface area contributed by atoms with Crippen LogP contribution in [0, 0.1) is 18.7 Å². The number of rotatable bonds is 10. The lowest BCUT2D eigenvalue weighted by Gasteiger charge is -2.38. The van der Waals surface area contributed by atoms with Gasteiger partial charge in [0, 0.05) is 24.7 Å². The lowest BCUT2D eigenvalue weighted by molar-refractivity contribution is -0.108.